The van der Waals surface area contributed by atoms with Crippen LogP contribution in [0.1, 0.15) is 51.4 Å². The van der Waals surface area contributed by atoms with Crippen molar-refractivity contribution >= 4 is 28.1 Å². The summed E-state index contributed by atoms with van der Waals surface area (Å²) in [5.74, 6) is -0.778. The third-order valence-electron chi connectivity index (χ3n) is 7.37. The van der Waals surface area contributed by atoms with Gasteiger partial charge >= 0.3 is 0 Å². The van der Waals surface area contributed by atoms with Gasteiger partial charge in [0.25, 0.3) is 0 Å². The van der Waals surface area contributed by atoms with E-state index in [1.54, 1.807) is 12.1 Å². The average Bonchev–Trinajstić information content (AvgIpc) is 3.33. The molecule has 0 radical (unpaired) electrons. The Kier molecular flexibility index (Phi) is 9.10. The van der Waals surface area contributed by atoms with Crippen molar-refractivity contribution in [1.82, 2.24) is 15.4 Å². The van der Waals surface area contributed by atoms with E-state index in [4.69, 9.17) is 0 Å². The van der Waals surface area contributed by atoms with Crippen molar-refractivity contribution in [2.24, 2.45) is 11.8 Å². The Morgan fingerprint density at radius 1 is 0.946 bits per heavy atom. The molecule has 0 aromatic heterocycles. The van der Waals surface area contributed by atoms with Gasteiger partial charge in [-0.15, -0.1) is 0 Å². The quantitative estimate of drug-likeness (QED) is 0.389. The molecule has 1 aliphatic heterocycles. The summed E-state index contributed by atoms with van der Waals surface area (Å²) in [5, 5.41) is 5.43. The number of aldehydes is 1. The normalized spacial score (nSPS) is 20.1. The highest BCUT2D eigenvalue weighted by atomic mass is 32.2. The zero-order valence-corrected chi connectivity index (χ0v) is 21.7. The van der Waals surface area contributed by atoms with Gasteiger partial charge in [0.1, 0.15) is 12.3 Å². The van der Waals surface area contributed by atoms with Crippen LogP contribution in [0.5, 0.6) is 0 Å². The van der Waals surface area contributed by atoms with Gasteiger partial charge in [-0.3, -0.25) is 9.59 Å². The maximum atomic E-state index is 13.3. The lowest BCUT2D eigenvalue weighted by Gasteiger charge is -2.27. The van der Waals surface area contributed by atoms with Gasteiger partial charge < -0.3 is 15.4 Å². The second-order valence-corrected chi connectivity index (χ2v) is 11.8. The second kappa shape index (κ2) is 12.5. The Balaban J connectivity index is 1.48. The Bertz CT molecular complexity index is 1180. The van der Waals surface area contributed by atoms with Crippen molar-refractivity contribution in [3.8, 4) is 11.1 Å². The van der Waals surface area contributed by atoms with Crippen LogP contribution >= 0.6 is 0 Å². The predicted octanol–water partition coefficient (Wildman–Crippen LogP) is 3.18. The van der Waals surface area contributed by atoms with Crippen molar-refractivity contribution in [3.05, 3.63) is 54.6 Å². The molecule has 1 saturated carbocycles. The summed E-state index contributed by atoms with van der Waals surface area (Å²) in [6, 6.07) is 14.3. The lowest BCUT2D eigenvalue weighted by atomic mass is 9.85. The molecule has 1 aliphatic carbocycles. The summed E-state index contributed by atoms with van der Waals surface area (Å²) in [6.45, 7) is 0.552. The zero-order valence-electron chi connectivity index (χ0n) is 20.9. The molecule has 2 aromatic carbocycles. The van der Waals surface area contributed by atoms with E-state index in [0.717, 1.165) is 43.2 Å². The van der Waals surface area contributed by atoms with E-state index in [2.05, 4.69) is 15.4 Å². The Morgan fingerprint density at radius 2 is 1.62 bits per heavy atom. The highest BCUT2D eigenvalue weighted by Gasteiger charge is 2.32. The van der Waals surface area contributed by atoms with Crippen molar-refractivity contribution in [1.29, 1.82) is 0 Å². The third kappa shape index (κ3) is 7.26. The molecule has 0 unspecified atom stereocenters. The number of hydrogen-bond acceptors (Lipinski definition) is 5. The fourth-order valence-electron chi connectivity index (χ4n) is 5.29. The van der Waals surface area contributed by atoms with Gasteiger partial charge in [0.2, 0.25) is 21.8 Å². The molecule has 2 fully saturated rings. The van der Waals surface area contributed by atoms with E-state index in [1.165, 1.54) is 12.1 Å². The molecule has 0 spiro atoms. The largest absolute Gasteiger partial charge is 0.356 e. The molecule has 4 rings (SSSR count). The second-order valence-electron chi connectivity index (χ2n) is 10.1. The maximum Gasteiger partial charge on any atom is 0.241 e. The van der Waals surface area contributed by atoms with Gasteiger partial charge in [0, 0.05) is 12.5 Å². The molecular formula is C28H35N3O5S. The minimum absolute atomic E-state index is 0.0724. The lowest BCUT2D eigenvalue weighted by Crippen LogP contribution is -2.51. The number of rotatable bonds is 11. The van der Waals surface area contributed by atoms with E-state index < -0.39 is 28.0 Å². The molecular weight excluding hydrogens is 490 g/mol. The number of amides is 2. The van der Waals surface area contributed by atoms with E-state index >= 15 is 0 Å². The number of nitrogens with one attached hydrogen (secondary N) is 3. The number of carbonyl (C=O) groups excluding carboxylic acids is 3. The van der Waals surface area contributed by atoms with Crippen molar-refractivity contribution < 1.29 is 22.8 Å². The molecule has 2 aromatic rings. The van der Waals surface area contributed by atoms with Crippen LogP contribution in [0, 0.1) is 11.8 Å². The first-order chi connectivity index (χ1) is 17.9. The third-order valence-corrected chi connectivity index (χ3v) is 8.86. The van der Waals surface area contributed by atoms with Gasteiger partial charge in [-0.05, 0) is 48.4 Å². The summed E-state index contributed by atoms with van der Waals surface area (Å²) in [4.78, 5) is 37.0. The number of benzene rings is 2. The summed E-state index contributed by atoms with van der Waals surface area (Å²) < 4.78 is 29.2. The first-order valence-corrected chi connectivity index (χ1v) is 14.6. The van der Waals surface area contributed by atoms with Crippen LogP contribution in [-0.4, -0.2) is 45.1 Å². The smallest absolute Gasteiger partial charge is 0.241 e. The van der Waals surface area contributed by atoms with Gasteiger partial charge in [0.05, 0.1) is 10.9 Å². The monoisotopic (exact) mass is 525 g/mol. The van der Waals surface area contributed by atoms with E-state index in [0.29, 0.717) is 25.7 Å². The molecule has 1 heterocycles. The van der Waals surface area contributed by atoms with Gasteiger partial charge in [-0.2, -0.15) is 4.72 Å². The topological polar surface area (TPSA) is 121 Å². The Morgan fingerprint density at radius 3 is 2.24 bits per heavy atom. The fourth-order valence-corrected chi connectivity index (χ4v) is 6.49. The van der Waals surface area contributed by atoms with Crippen molar-refractivity contribution in [2.45, 2.75) is 68.3 Å². The first kappa shape index (κ1) is 27.0. The molecule has 9 heteroatoms. The molecule has 2 aliphatic rings. The number of hydrogen-bond donors (Lipinski definition) is 3. The lowest BCUT2D eigenvalue weighted by molar-refractivity contribution is -0.127. The van der Waals surface area contributed by atoms with Crippen LogP contribution in [0.4, 0.5) is 0 Å². The van der Waals surface area contributed by atoms with Crippen LogP contribution in [0.3, 0.4) is 0 Å². The predicted molar refractivity (Wildman–Crippen MR) is 141 cm³/mol. The molecule has 37 heavy (non-hydrogen) atoms. The van der Waals surface area contributed by atoms with Gasteiger partial charge in [0.15, 0.2) is 0 Å². The van der Waals surface area contributed by atoms with Gasteiger partial charge in [-0.25, -0.2) is 8.42 Å². The van der Waals surface area contributed by atoms with E-state index in [-0.39, 0.29) is 29.1 Å². The molecule has 0 bridgehead atoms. The first-order valence-electron chi connectivity index (χ1n) is 13.1. The summed E-state index contributed by atoms with van der Waals surface area (Å²) in [7, 11) is -3.99. The summed E-state index contributed by atoms with van der Waals surface area (Å²) in [6.07, 6.45) is 6.93. The van der Waals surface area contributed by atoms with Crippen LogP contribution in [0.15, 0.2) is 59.5 Å². The van der Waals surface area contributed by atoms with Gasteiger partial charge in [-0.1, -0.05) is 74.6 Å². The molecule has 2 amide bonds. The van der Waals surface area contributed by atoms with Crippen molar-refractivity contribution in [3.63, 3.8) is 0 Å². The standard InChI is InChI=1S/C28H35N3O5S/c32-19-24(18-23-15-16-29-27(23)33)30-28(34)26(17-20-7-3-1-4-8-20)31-37(35,36)25-13-11-22(12-14-25)21-9-5-2-6-10-21/h2,5-6,9-14,19-20,23-24,26,31H,1,3-4,7-8,15-18H2,(H,29,33)(H,30,34)/t23-,24-,26-/m0/s1. The van der Waals surface area contributed by atoms with Crippen LogP contribution in [0.25, 0.3) is 11.1 Å². The summed E-state index contributed by atoms with van der Waals surface area (Å²) in [5.41, 5.74) is 1.87. The molecule has 3 N–H and O–H groups in total. The number of sulfonamides is 1. The highest BCUT2D eigenvalue weighted by Crippen LogP contribution is 2.28. The maximum absolute atomic E-state index is 13.3. The van der Waals surface area contributed by atoms with E-state index in [9.17, 15) is 22.8 Å². The Labute approximate surface area is 218 Å². The van der Waals surface area contributed by atoms with Crippen LogP contribution in [-0.2, 0) is 24.4 Å². The minimum Gasteiger partial charge on any atom is -0.356 e. The molecule has 8 nitrogen and oxygen atoms in total. The molecule has 3 atom stereocenters. The molecule has 198 valence electrons. The molecule has 1 saturated heterocycles. The SMILES string of the molecule is O=C[C@H](C[C@@H]1CCNC1=O)NC(=O)[C@H](CC1CCCCC1)NS(=O)(=O)c1ccc(-c2ccccc2)cc1. The number of carbonyl (C=O) groups is 3. The van der Waals surface area contributed by atoms with Crippen LogP contribution < -0.4 is 15.4 Å². The van der Waals surface area contributed by atoms with Crippen molar-refractivity contribution in [2.75, 3.05) is 6.54 Å². The van der Waals surface area contributed by atoms with Crippen LogP contribution in [0.2, 0.25) is 0 Å². The minimum atomic E-state index is -3.99. The zero-order chi connectivity index (χ0) is 26.3. The average molecular weight is 526 g/mol. The fraction of sp³-hybridized carbons (Fsp3) is 0.464. The summed E-state index contributed by atoms with van der Waals surface area (Å²) >= 11 is 0. The Hall–Kier alpha value is -3.04. The van der Waals surface area contributed by atoms with E-state index in [1.807, 2.05) is 30.3 Å². The highest BCUT2D eigenvalue weighted by molar-refractivity contribution is 7.89.